The summed E-state index contributed by atoms with van der Waals surface area (Å²) in [5.74, 6) is 0. The number of piperidine rings is 1. The second kappa shape index (κ2) is 10.6. The normalized spacial score (nSPS) is 17.6. The van der Waals surface area contributed by atoms with E-state index in [2.05, 4.69) is 15.4 Å². The number of hydrazone groups is 1. The van der Waals surface area contributed by atoms with Crippen molar-refractivity contribution in [3.8, 4) is 0 Å². The number of piperazine rings is 1. The Hall–Kier alpha value is -3.62. The first kappa shape index (κ1) is 25.5. The van der Waals surface area contributed by atoms with E-state index in [1.807, 2.05) is 11.9 Å². The fraction of sp³-hybridized carbons (Fsp3) is 0.409. The number of benzene rings is 2. The van der Waals surface area contributed by atoms with Gasteiger partial charge in [-0.1, -0.05) is 0 Å². The van der Waals surface area contributed by atoms with E-state index in [0.29, 0.717) is 13.1 Å². The molecule has 2 aromatic rings. The van der Waals surface area contributed by atoms with Gasteiger partial charge in [-0.2, -0.15) is 9.41 Å². The van der Waals surface area contributed by atoms with Gasteiger partial charge in [0.15, 0.2) is 0 Å². The van der Waals surface area contributed by atoms with Crippen molar-refractivity contribution >= 4 is 38.5 Å². The van der Waals surface area contributed by atoms with Crippen molar-refractivity contribution in [3.63, 3.8) is 0 Å². The first-order valence-corrected chi connectivity index (χ1v) is 12.9. The van der Waals surface area contributed by atoms with Crippen LogP contribution in [0.25, 0.3) is 0 Å². The average molecular weight is 518 g/mol. The third-order valence-corrected chi connectivity index (χ3v) is 8.30. The van der Waals surface area contributed by atoms with Crippen molar-refractivity contribution < 1.29 is 18.3 Å². The van der Waals surface area contributed by atoms with Crippen molar-refractivity contribution in [1.29, 1.82) is 0 Å². The first-order valence-electron chi connectivity index (χ1n) is 11.4. The summed E-state index contributed by atoms with van der Waals surface area (Å²) in [6, 6.07) is 9.77. The van der Waals surface area contributed by atoms with Crippen LogP contribution in [-0.4, -0.2) is 79.5 Å². The van der Waals surface area contributed by atoms with Crippen LogP contribution in [0.4, 0.5) is 22.7 Å². The topological polar surface area (TPSA) is 155 Å². The number of likely N-dealkylation sites (tertiary alicyclic amines) is 1. The van der Waals surface area contributed by atoms with Crippen LogP contribution in [0.5, 0.6) is 0 Å². The highest BCUT2D eigenvalue weighted by molar-refractivity contribution is 7.89. The summed E-state index contributed by atoms with van der Waals surface area (Å²) >= 11 is 0. The minimum absolute atomic E-state index is 0.0190. The molecule has 2 heterocycles. The minimum Gasteiger partial charge on any atom is -0.369 e. The van der Waals surface area contributed by atoms with E-state index in [4.69, 9.17) is 0 Å². The molecule has 1 N–H and O–H groups in total. The number of rotatable bonds is 7. The molecule has 2 aliphatic rings. The fourth-order valence-electron chi connectivity index (χ4n) is 4.17. The first-order chi connectivity index (χ1) is 17.1. The summed E-state index contributed by atoms with van der Waals surface area (Å²) < 4.78 is 28.4. The smallest absolute Gasteiger partial charge is 0.270 e. The molecule has 14 heteroatoms. The van der Waals surface area contributed by atoms with Gasteiger partial charge in [-0.15, -0.1) is 0 Å². The van der Waals surface area contributed by atoms with Crippen molar-refractivity contribution in [3.05, 3.63) is 62.7 Å². The molecule has 0 aliphatic carbocycles. The molecule has 0 saturated carbocycles. The average Bonchev–Trinajstić information content (AvgIpc) is 2.88. The quantitative estimate of drug-likeness (QED) is 0.431. The van der Waals surface area contributed by atoms with Gasteiger partial charge in [-0.25, -0.2) is 8.42 Å². The van der Waals surface area contributed by atoms with E-state index < -0.39 is 19.9 Å². The van der Waals surface area contributed by atoms with Gasteiger partial charge in [0.2, 0.25) is 10.0 Å². The minimum atomic E-state index is -4.06. The molecule has 2 saturated heterocycles. The molecule has 0 aromatic heterocycles. The van der Waals surface area contributed by atoms with Crippen LogP contribution in [0.15, 0.2) is 52.5 Å². The van der Waals surface area contributed by atoms with Crippen LogP contribution >= 0.6 is 0 Å². The summed E-state index contributed by atoms with van der Waals surface area (Å²) in [5.41, 5.74) is 4.34. The molecule has 0 unspecified atom stereocenters. The Bertz CT molecular complexity index is 1260. The zero-order valence-corrected chi connectivity index (χ0v) is 20.6. The lowest BCUT2D eigenvalue weighted by Gasteiger charge is -2.35. The van der Waals surface area contributed by atoms with Crippen molar-refractivity contribution in [2.45, 2.75) is 17.7 Å². The number of nitrogens with one attached hydrogen (secondary N) is 1. The number of hydrogen-bond acceptors (Lipinski definition) is 10. The molecule has 2 fully saturated rings. The third kappa shape index (κ3) is 5.61. The molecule has 0 radical (unpaired) electrons. The van der Waals surface area contributed by atoms with Crippen molar-refractivity contribution in [1.82, 2.24) is 9.21 Å². The van der Waals surface area contributed by atoms with E-state index in [0.717, 1.165) is 43.4 Å². The van der Waals surface area contributed by atoms with Crippen molar-refractivity contribution in [2.75, 3.05) is 56.6 Å². The lowest BCUT2D eigenvalue weighted by atomic mass is 10.1. The summed E-state index contributed by atoms with van der Waals surface area (Å²) in [7, 11) is -2.04. The fourth-order valence-corrected chi connectivity index (χ4v) is 5.75. The third-order valence-electron chi connectivity index (χ3n) is 6.36. The maximum Gasteiger partial charge on any atom is 0.270 e. The predicted molar refractivity (Wildman–Crippen MR) is 135 cm³/mol. The molecule has 192 valence electrons. The zero-order chi connectivity index (χ0) is 25.9. The van der Waals surface area contributed by atoms with E-state index in [9.17, 15) is 28.6 Å². The van der Waals surface area contributed by atoms with Crippen LogP contribution < -0.4 is 10.3 Å². The number of nitro groups is 2. The SMILES string of the molecule is CN1CCC(=NNc2ccc([N+](=O)[O-])cc2S(=O)(=O)N2CCN(c3ccc([N+](=O)[O-])cc3)CC2)CC1. The van der Waals surface area contributed by atoms with Gasteiger partial charge in [0.1, 0.15) is 4.90 Å². The molecule has 0 atom stereocenters. The molecule has 36 heavy (non-hydrogen) atoms. The summed E-state index contributed by atoms with van der Waals surface area (Å²) in [6.45, 7) is 2.75. The monoisotopic (exact) mass is 517 g/mol. The molecular formula is C22H27N7O6S. The molecular weight excluding hydrogens is 490 g/mol. The number of anilines is 2. The van der Waals surface area contributed by atoms with E-state index >= 15 is 0 Å². The Morgan fingerprint density at radius 2 is 1.44 bits per heavy atom. The molecule has 2 aliphatic heterocycles. The van der Waals surface area contributed by atoms with Gasteiger partial charge in [0.25, 0.3) is 11.4 Å². The summed E-state index contributed by atoms with van der Waals surface area (Å²) in [5, 5.41) is 26.6. The van der Waals surface area contributed by atoms with Crippen LogP contribution in [-0.2, 0) is 10.0 Å². The van der Waals surface area contributed by atoms with E-state index in [1.165, 1.54) is 28.6 Å². The maximum absolute atomic E-state index is 13.6. The summed E-state index contributed by atoms with van der Waals surface area (Å²) in [4.78, 5) is 25.1. The summed E-state index contributed by atoms with van der Waals surface area (Å²) in [6.07, 6.45) is 1.51. The molecule has 0 spiro atoms. The van der Waals surface area contributed by atoms with Crippen LogP contribution in [0, 0.1) is 20.2 Å². The second-order valence-electron chi connectivity index (χ2n) is 8.70. The molecule has 0 amide bonds. The Kier molecular flexibility index (Phi) is 7.47. The Labute approximate surface area is 208 Å². The largest absolute Gasteiger partial charge is 0.369 e. The molecule has 0 bridgehead atoms. The number of nitro benzene ring substituents is 2. The van der Waals surface area contributed by atoms with Gasteiger partial charge in [-0.05, 0) is 25.2 Å². The van der Waals surface area contributed by atoms with Gasteiger partial charge >= 0.3 is 0 Å². The molecule has 2 aromatic carbocycles. The Morgan fingerprint density at radius 3 is 2.03 bits per heavy atom. The van der Waals surface area contributed by atoms with E-state index in [1.54, 1.807) is 12.1 Å². The molecule has 4 rings (SSSR count). The Morgan fingerprint density at radius 1 is 0.861 bits per heavy atom. The zero-order valence-electron chi connectivity index (χ0n) is 19.7. The number of hydrogen-bond donors (Lipinski definition) is 1. The standard InChI is InChI=1S/C22H27N7O6S/c1-25-10-8-17(9-11-25)23-24-21-7-6-20(29(32)33)16-22(21)36(34,35)27-14-12-26(13-15-27)18-2-4-19(5-3-18)28(30)31/h2-7,16,24H,8-15H2,1H3. The predicted octanol–water partition coefficient (Wildman–Crippen LogP) is 2.51. The molecule has 13 nitrogen and oxygen atoms in total. The highest BCUT2D eigenvalue weighted by Gasteiger charge is 2.32. The second-order valence-corrected chi connectivity index (χ2v) is 10.6. The van der Waals surface area contributed by atoms with Gasteiger partial charge in [0.05, 0.1) is 15.5 Å². The van der Waals surface area contributed by atoms with E-state index in [-0.39, 0.29) is 35.0 Å². The number of nitrogens with zero attached hydrogens (tertiary/aromatic N) is 6. The van der Waals surface area contributed by atoms with Crippen LogP contribution in [0.3, 0.4) is 0 Å². The van der Waals surface area contributed by atoms with Crippen LogP contribution in [0.1, 0.15) is 12.8 Å². The number of non-ortho nitro benzene ring substituents is 2. The lowest BCUT2D eigenvalue weighted by Crippen LogP contribution is -2.48. The number of sulfonamides is 1. The van der Waals surface area contributed by atoms with Gasteiger partial charge in [0, 0.05) is 87.8 Å². The van der Waals surface area contributed by atoms with Gasteiger partial charge in [-0.3, -0.25) is 25.7 Å². The van der Waals surface area contributed by atoms with Crippen molar-refractivity contribution in [2.24, 2.45) is 5.10 Å². The Balaban J connectivity index is 1.52. The van der Waals surface area contributed by atoms with Crippen LogP contribution in [0.2, 0.25) is 0 Å². The maximum atomic E-state index is 13.6. The lowest BCUT2D eigenvalue weighted by molar-refractivity contribution is -0.385. The van der Waals surface area contributed by atoms with Gasteiger partial charge < -0.3 is 9.80 Å². The highest BCUT2D eigenvalue weighted by Crippen LogP contribution is 2.30. The highest BCUT2D eigenvalue weighted by atomic mass is 32.2.